The Morgan fingerprint density at radius 3 is 2.30 bits per heavy atom. The van der Waals surface area contributed by atoms with Crippen molar-refractivity contribution in [3.05, 3.63) is 29.8 Å². The first-order valence-corrected chi connectivity index (χ1v) is 6.86. The number of nitrogens with two attached hydrogens (primary N) is 1. The van der Waals surface area contributed by atoms with Gasteiger partial charge >= 0.3 is 6.18 Å². The molecule has 1 saturated heterocycles. The number of benzene rings is 1. The normalized spacial score (nSPS) is 17.5. The largest absolute Gasteiger partial charge is 0.418 e. The number of hydrogen-bond acceptors (Lipinski definition) is 3. The van der Waals surface area contributed by atoms with Crippen molar-refractivity contribution in [2.24, 2.45) is 5.73 Å². The van der Waals surface area contributed by atoms with E-state index in [0.29, 0.717) is 25.3 Å². The van der Waals surface area contributed by atoms with E-state index in [1.54, 1.807) is 12.1 Å². The molecule has 6 heteroatoms. The second-order valence-corrected chi connectivity index (χ2v) is 4.99. The maximum Gasteiger partial charge on any atom is 0.418 e. The summed E-state index contributed by atoms with van der Waals surface area (Å²) in [4.78, 5) is 4.07. The Hall–Kier alpha value is -1.27. The fourth-order valence-corrected chi connectivity index (χ4v) is 2.52. The predicted molar refractivity (Wildman–Crippen MR) is 73.8 cm³/mol. The van der Waals surface area contributed by atoms with Gasteiger partial charge in [0.15, 0.2) is 0 Å². The van der Waals surface area contributed by atoms with Gasteiger partial charge in [-0.05, 0) is 31.6 Å². The Labute approximate surface area is 117 Å². The van der Waals surface area contributed by atoms with Crippen molar-refractivity contribution in [1.29, 1.82) is 0 Å². The molecule has 2 rings (SSSR count). The summed E-state index contributed by atoms with van der Waals surface area (Å²) >= 11 is 0. The van der Waals surface area contributed by atoms with Crippen LogP contribution in [-0.2, 0) is 6.18 Å². The van der Waals surface area contributed by atoms with Gasteiger partial charge in [0.1, 0.15) is 0 Å². The number of piperazine rings is 1. The minimum Gasteiger partial charge on any atom is -0.368 e. The standard InChI is InChI=1S/C14H20F3N3/c15-14(16,17)12-4-1-2-5-13(12)20-10-8-19(9-11-20)7-3-6-18/h1-2,4-5H,3,6-11,18H2. The van der Waals surface area contributed by atoms with E-state index in [1.807, 2.05) is 4.90 Å². The van der Waals surface area contributed by atoms with Crippen LogP contribution >= 0.6 is 0 Å². The van der Waals surface area contributed by atoms with E-state index in [2.05, 4.69) is 4.90 Å². The van der Waals surface area contributed by atoms with Crippen LogP contribution < -0.4 is 10.6 Å². The molecule has 0 atom stereocenters. The zero-order chi connectivity index (χ0) is 14.6. The Balaban J connectivity index is 2.04. The molecule has 2 N–H and O–H groups in total. The van der Waals surface area contributed by atoms with Crippen molar-refractivity contribution in [1.82, 2.24) is 4.90 Å². The zero-order valence-electron chi connectivity index (χ0n) is 11.4. The van der Waals surface area contributed by atoms with Crippen LogP contribution in [0.3, 0.4) is 0 Å². The summed E-state index contributed by atoms with van der Waals surface area (Å²) in [7, 11) is 0. The van der Waals surface area contributed by atoms with Crippen LogP contribution in [0.15, 0.2) is 24.3 Å². The number of nitrogens with zero attached hydrogens (tertiary/aromatic N) is 2. The highest BCUT2D eigenvalue weighted by molar-refractivity contribution is 5.55. The fourth-order valence-electron chi connectivity index (χ4n) is 2.52. The van der Waals surface area contributed by atoms with Gasteiger partial charge in [0.25, 0.3) is 0 Å². The van der Waals surface area contributed by atoms with E-state index >= 15 is 0 Å². The lowest BCUT2D eigenvalue weighted by atomic mass is 10.1. The van der Waals surface area contributed by atoms with Gasteiger partial charge in [-0.15, -0.1) is 0 Å². The van der Waals surface area contributed by atoms with E-state index in [9.17, 15) is 13.2 Å². The highest BCUT2D eigenvalue weighted by Gasteiger charge is 2.35. The molecule has 0 spiro atoms. The van der Waals surface area contributed by atoms with Crippen LogP contribution in [-0.4, -0.2) is 44.2 Å². The summed E-state index contributed by atoms with van der Waals surface area (Å²) in [6.45, 7) is 4.39. The number of anilines is 1. The van der Waals surface area contributed by atoms with E-state index in [1.165, 1.54) is 6.07 Å². The Morgan fingerprint density at radius 2 is 1.70 bits per heavy atom. The number of hydrogen-bond donors (Lipinski definition) is 1. The average Bonchev–Trinajstić information content (AvgIpc) is 2.45. The lowest BCUT2D eigenvalue weighted by Gasteiger charge is -2.37. The third-order valence-corrected chi connectivity index (χ3v) is 3.60. The molecule has 1 heterocycles. The second-order valence-electron chi connectivity index (χ2n) is 4.99. The van der Waals surface area contributed by atoms with Gasteiger partial charge in [0.2, 0.25) is 0 Å². The molecule has 0 unspecified atom stereocenters. The van der Waals surface area contributed by atoms with Crippen molar-refractivity contribution in [2.45, 2.75) is 12.6 Å². The first-order chi connectivity index (χ1) is 9.52. The van der Waals surface area contributed by atoms with Gasteiger partial charge in [-0.1, -0.05) is 12.1 Å². The minimum atomic E-state index is -4.30. The van der Waals surface area contributed by atoms with Crippen LogP contribution in [0.5, 0.6) is 0 Å². The number of halogens is 3. The summed E-state index contributed by atoms with van der Waals surface area (Å²) < 4.78 is 39.0. The Bertz CT molecular complexity index is 426. The molecule has 0 aliphatic carbocycles. The molecule has 1 aliphatic rings. The molecule has 1 fully saturated rings. The summed E-state index contributed by atoms with van der Waals surface area (Å²) in [6, 6.07) is 5.80. The van der Waals surface area contributed by atoms with Gasteiger partial charge in [-0.25, -0.2) is 0 Å². The first-order valence-electron chi connectivity index (χ1n) is 6.86. The van der Waals surface area contributed by atoms with Crippen LogP contribution in [0, 0.1) is 0 Å². The molecule has 0 amide bonds. The molecule has 0 bridgehead atoms. The molecule has 3 nitrogen and oxygen atoms in total. The number of rotatable bonds is 4. The maximum absolute atomic E-state index is 13.0. The van der Waals surface area contributed by atoms with E-state index in [0.717, 1.165) is 32.1 Å². The van der Waals surface area contributed by atoms with Crippen molar-refractivity contribution in [3.8, 4) is 0 Å². The van der Waals surface area contributed by atoms with Crippen molar-refractivity contribution in [2.75, 3.05) is 44.2 Å². The van der Waals surface area contributed by atoms with Crippen molar-refractivity contribution >= 4 is 5.69 Å². The summed E-state index contributed by atoms with van der Waals surface area (Å²) in [5.41, 5.74) is 5.21. The van der Waals surface area contributed by atoms with E-state index in [-0.39, 0.29) is 0 Å². The quantitative estimate of drug-likeness (QED) is 0.921. The molecular formula is C14H20F3N3. The zero-order valence-corrected chi connectivity index (χ0v) is 11.4. The second kappa shape index (κ2) is 6.45. The van der Waals surface area contributed by atoms with Crippen molar-refractivity contribution in [3.63, 3.8) is 0 Å². The van der Waals surface area contributed by atoms with Gasteiger partial charge < -0.3 is 10.6 Å². The number of alkyl halides is 3. The maximum atomic E-state index is 13.0. The molecule has 112 valence electrons. The van der Waals surface area contributed by atoms with Crippen LogP contribution in [0.4, 0.5) is 18.9 Å². The van der Waals surface area contributed by atoms with Crippen LogP contribution in [0.25, 0.3) is 0 Å². The van der Waals surface area contributed by atoms with E-state index in [4.69, 9.17) is 5.73 Å². The molecular weight excluding hydrogens is 267 g/mol. The smallest absolute Gasteiger partial charge is 0.368 e. The van der Waals surface area contributed by atoms with E-state index < -0.39 is 11.7 Å². The Kier molecular flexibility index (Phi) is 4.88. The summed E-state index contributed by atoms with van der Waals surface area (Å²) in [5, 5.41) is 0. The lowest BCUT2D eigenvalue weighted by molar-refractivity contribution is -0.137. The predicted octanol–water partition coefficient (Wildman–Crippen LogP) is 2.18. The third-order valence-electron chi connectivity index (χ3n) is 3.60. The van der Waals surface area contributed by atoms with Crippen molar-refractivity contribution < 1.29 is 13.2 Å². The molecule has 20 heavy (non-hydrogen) atoms. The Morgan fingerprint density at radius 1 is 1.05 bits per heavy atom. The number of para-hydroxylation sites is 1. The topological polar surface area (TPSA) is 32.5 Å². The molecule has 1 aromatic carbocycles. The minimum absolute atomic E-state index is 0.290. The van der Waals surface area contributed by atoms with Gasteiger partial charge in [-0.2, -0.15) is 13.2 Å². The summed E-state index contributed by atoms with van der Waals surface area (Å²) in [6.07, 6.45) is -3.37. The van der Waals surface area contributed by atoms with Gasteiger partial charge in [0, 0.05) is 31.9 Å². The van der Waals surface area contributed by atoms with Crippen LogP contribution in [0.1, 0.15) is 12.0 Å². The van der Waals surface area contributed by atoms with Gasteiger partial charge in [-0.3, -0.25) is 4.90 Å². The summed E-state index contributed by atoms with van der Waals surface area (Å²) in [5.74, 6) is 0. The molecule has 1 aliphatic heterocycles. The fraction of sp³-hybridized carbons (Fsp3) is 0.571. The van der Waals surface area contributed by atoms with Crippen LogP contribution in [0.2, 0.25) is 0 Å². The highest BCUT2D eigenvalue weighted by Crippen LogP contribution is 2.36. The van der Waals surface area contributed by atoms with Gasteiger partial charge in [0.05, 0.1) is 5.56 Å². The molecule has 1 aromatic rings. The molecule has 0 aromatic heterocycles. The SMILES string of the molecule is NCCCN1CCN(c2ccccc2C(F)(F)F)CC1. The molecule has 0 radical (unpaired) electrons. The average molecular weight is 287 g/mol. The molecule has 0 saturated carbocycles. The highest BCUT2D eigenvalue weighted by atomic mass is 19.4. The monoisotopic (exact) mass is 287 g/mol. The first kappa shape index (κ1) is 15.1. The lowest BCUT2D eigenvalue weighted by Crippen LogP contribution is -2.47. The third kappa shape index (κ3) is 3.64.